The summed E-state index contributed by atoms with van der Waals surface area (Å²) in [6, 6.07) is 0. The molecule has 0 aromatic carbocycles. The van der Waals surface area contributed by atoms with Gasteiger partial charge >= 0.3 is 11.9 Å². The lowest BCUT2D eigenvalue weighted by Gasteiger charge is -2.41. The summed E-state index contributed by atoms with van der Waals surface area (Å²) < 4.78 is 16.1. The highest BCUT2D eigenvalue weighted by Crippen LogP contribution is 2.73. The molecule has 9 fully saturated rings. The first-order chi connectivity index (χ1) is 23.6. The van der Waals surface area contributed by atoms with E-state index >= 15 is 0 Å². The highest BCUT2D eigenvalue weighted by molar-refractivity contribution is 5.78. The Hall–Kier alpha value is -1.55. The number of rotatable bonds is 8. The Morgan fingerprint density at radius 3 is 1.77 bits per heavy atom. The van der Waals surface area contributed by atoms with Gasteiger partial charge in [0, 0.05) is 14.2 Å². The van der Waals surface area contributed by atoms with E-state index in [1.807, 2.05) is 27.6 Å². The molecule has 0 spiro atoms. The van der Waals surface area contributed by atoms with Gasteiger partial charge in [-0.2, -0.15) is 0 Å². The normalized spacial score (nSPS) is 44.5. The first-order valence-electron chi connectivity index (χ1n) is 19.6. The van der Waals surface area contributed by atoms with Crippen molar-refractivity contribution in [3.63, 3.8) is 0 Å². The number of carbonyl (C=O) groups excluding carboxylic acids is 3. The molecule has 0 aliphatic heterocycles. The van der Waals surface area contributed by atoms with E-state index in [0.717, 1.165) is 85.0 Å². The van der Waals surface area contributed by atoms with Crippen molar-refractivity contribution < 1.29 is 43.9 Å². The van der Waals surface area contributed by atoms with Crippen LogP contribution < -0.4 is 0 Å². The van der Waals surface area contributed by atoms with Crippen LogP contribution in [-0.2, 0) is 28.6 Å². The Labute approximate surface area is 323 Å². The summed E-state index contributed by atoms with van der Waals surface area (Å²) in [5.74, 6) is 11.0. The highest BCUT2D eigenvalue weighted by atomic mass is 16.7. The molecule has 0 heterocycles. The van der Waals surface area contributed by atoms with Crippen LogP contribution in [0.3, 0.4) is 0 Å². The van der Waals surface area contributed by atoms with E-state index in [1.165, 1.54) is 58.5 Å². The number of hydrogen-bond acceptors (Lipinski definition) is 9. The van der Waals surface area contributed by atoms with Crippen LogP contribution >= 0.6 is 0 Å². The van der Waals surface area contributed by atoms with E-state index in [4.69, 9.17) is 24.1 Å². The van der Waals surface area contributed by atoms with Crippen molar-refractivity contribution >= 4 is 18.7 Å². The van der Waals surface area contributed by atoms with Gasteiger partial charge in [-0.1, -0.05) is 43.6 Å². The van der Waals surface area contributed by atoms with Gasteiger partial charge in [0.25, 0.3) is 0 Å². The zero-order chi connectivity index (χ0) is 35.4. The maximum atomic E-state index is 12.9. The molecule has 9 saturated carbocycles. The number of aliphatic hydroxyl groups excluding tert-OH is 3. The molecule has 0 radical (unpaired) electrons. The second-order valence-corrected chi connectivity index (χ2v) is 17.8. The molecule has 0 aromatic heterocycles. The Morgan fingerprint density at radius 1 is 0.717 bits per heavy atom. The Bertz CT molecular complexity index is 1180. The molecule has 9 nitrogen and oxygen atoms in total. The number of aliphatic hydroxyl groups is 3. The average Bonchev–Trinajstić information content (AvgIpc) is 3.97. The van der Waals surface area contributed by atoms with Crippen molar-refractivity contribution in [2.45, 2.75) is 146 Å². The molecule has 9 rings (SSSR count). The van der Waals surface area contributed by atoms with Gasteiger partial charge in [0.15, 0.2) is 6.79 Å². The summed E-state index contributed by atoms with van der Waals surface area (Å²) >= 11 is 0. The second-order valence-electron chi connectivity index (χ2n) is 17.8. The van der Waals surface area contributed by atoms with Crippen LogP contribution in [0.2, 0.25) is 0 Å². The van der Waals surface area contributed by atoms with Crippen LogP contribution in [0.1, 0.15) is 128 Å². The highest BCUT2D eigenvalue weighted by Gasteiger charge is 2.69. The zero-order valence-corrected chi connectivity index (χ0v) is 30.6. The molecule has 0 amide bonds. The van der Waals surface area contributed by atoms with Gasteiger partial charge in [-0.25, -0.2) is 0 Å². The summed E-state index contributed by atoms with van der Waals surface area (Å²) in [5, 5.41) is 27.2. The van der Waals surface area contributed by atoms with Crippen LogP contribution in [0, 0.1) is 94.2 Å². The minimum atomic E-state index is -0.693. The van der Waals surface area contributed by atoms with E-state index < -0.39 is 17.6 Å². The third-order valence-electron chi connectivity index (χ3n) is 16.1. The maximum Gasteiger partial charge on any atom is 0.313 e. The van der Waals surface area contributed by atoms with Crippen molar-refractivity contribution in [2.24, 2.45) is 94.2 Å². The lowest BCUT2D eigenvalue weighted by Crippen LogP contribution is -2.39. The largest absolute Gasteiger partial charge is 0.462 e. The van der Waals surface area contributed by atoms with E-state index in [1.54, 1.807) is 0 Å². The second kappa shape index (κ2) is 19.1. The van der Waals surface area contributed by atoms with Crippen molar-refractivity contribution in [3.8, 4) is 0 Å². The Morgan fingerprint density at radius 2 is 1.23 bits per heavy atom. The van der Waals surface area contributed by atoms with Gasteiger partial charge in [-0.05, 0) is 167 Å². The minimum Gasteiger partial charge on any atom is -0.462 e. The number of fused-ring (bicyclic) bond motifs is 21. The summed E-state index contributed by atoms with van der Waals surface area (Å²) in [5.41, 5.74) is -0.693. The lowest BCUT2D eigenvalue weighted by molar-refractivity contribution is -0.169. The molecule has 310 valence electrons. The molecule has 19 atom stereocenters. The molecular formula is C44H80O9. The number of esters is 2. The molecule has 0 aromatic rings. The quantitative estimate of drug-likeness (QED) is 0.129. The van der Waals surface area contributed by atoms with Gasteiger partial charge in [-0.3, -0.25) is 9.59 Å². The Kier molecular flexibility index (Phi) is 17.1. The number of carbonyl (C=O) groups is 3. The Balaban J connectivity index is 0.000000335. The van der Waals surface area contributed by atoms with Crippen LogP contribution in [0.15, 0.2) is 0 Å². The number of methoxy groups -OCH3 is 1. The van der Waals surface area contributed by atoms with Gasteiger partial charge in [0.05, 0.1) is 23.5 Å². The monoisotopic (exact) mass is 753 g/mol. The third-order valence-corrected chi connectivity index (χ3v) is 16.1. The third kappa shape index (κ3) is 7.90. The smallest absolute Gasteiger partial charge is 0.313 e. The summed E-state index contributed by atoms with van der Waals surface area (Å²) in [4.78, 5) is 33.3. The van der Waals surface area contributed by atoms with Gasteiger partial charge < -0.3 is 34.3 Å². The standard InChI is InChI=1S/C23H36O5.C15H22O2.CH4O.CH2O.4CH4/c1-5-23(3,22(25)27-12-26-4)11-13(2)21(24)28-18-10-16-9-17(18)20-15-7-6-14(8-15)19(16)20;16-11-5-9-8-4-10(14(9)15(11)17)13-7-2-1-6(3-7)12(8)13;2*1-2;;;;/h13-20H,5-12H2,1-4H3;6-17H,1-5H2;2H,1H3;1H2;4*1H4. The maximum absolute atomic E-state index is 12.9. The zero-order valence-electron chi connectivity index (χ0n) is 30.6. The summed E-state index contributed by atoms with van der Waals surface area (Å²) in [6.45, 7) is 7.65. The topological polar surface area (TPSA) is 140 Å². The van der Waals surface area contributed by atoms with Crippen LogP contribution in [0.5, 0.6) is 0 Å². The molecule has 3 N–H and O–H groups in total. The molecule has 53 heavy (non-hydrogen) atoms. The van der Waals surface area contributed by atoms with Crippen molar-refractivity contribution in [3.05, 3.63) is 0 Å². The van der Waals surface area contributed by atoms with E-state index in [0.29, 0.717) is 30.6 Å². The SMILES string of the molecule is C.C.C.C.C=O.CCC(C)(CC(C)C(=O)OC1CC2CC1C1C3CCC(C3)C21)C(=O)OCOC.CO.OC1CC2C3CC(C2C1O)C1C2CCC(C2)C31. The van der Waals surface area contributed by atoms with E-state index in [-0.39, 0.29) is 60.5 Å². The van der Waals surface area contributed by atoms with E-state index in [9.17, 15) is 19.8 Å². The summed E-state index contributed by atoms with van der Waals surface area (Å²) in [7, 11) is 2.49. The predicted octanol–water partition coefficient (Wildman–Crippen LogP) is 7.81. The van der Waals surface area contributed by atoms with Crippen molar-refractivity contribution in [1.82, 2.24) is 0 Å². The first kappa shape index (κ1) is 47.6. The molecule has 0 saturated heterocycles. The fourth-order valence-corrected chi connectivity index (χ4v) is 14.6. The summed E-state index contributed by atoms with van der Waals surface area (Å²) in [6.07, 6.45) is 13.7. The van der Waals surface area contributed by atoms with E-state index in [2.05, 4.69) is 0 Å². The molecule has 19 unspecified atom stereocenters. The number of ether oxygens (including phenoxy) is 3. The van der Waals surface area contributed by atoms with Crippen LogP contribution in [0.4, 0.5) is 0 Å². The minimum absolute atomic E-state index is 0. The molecule has 8 bridgehead atoms. The molecule has 9 aliphatic carbocycles. The molecular weight excluding hydrogens is 672 g/mol. The van der Waals surface area contributed by atoms with Crippen molar-refractivity contribution in [2.75, 3.05) is 21.0 Å². The first-order valence-corrected chi connectivity index (χ1v) is 19.6. The van der Waals surface area contributed by atoms with Gasteiger partial charge in [-0.15, -0.1) is 0 Å². The average molecular weight is 753 g/mol. The van der Waals surface area contributed by atoms with Crippen LogP contribution in [-0.4, -0.2) is 73.4 Å². The van der Waals surface area contributed by atoms with Crippen molar-refractivity contribution in [1.29, 1.82) is 0 Å². The fourth-order valence-electron chi connectivity index (χ4n) is 14.6. The predicted molar refractivity (Wildman–Crippen MR) is 209 cm³/mol. The fraction of sp³-hybridized carbons (Fsp3) is 0.932. The molecule has 9 heteroatoms. The molecule has 9 aliphatic rings. The van der Waals surface area contributed by atoms with Gasteiger partial charge in [0.2, 0.25) is 0 Å². The number of hydrogen-bond donors (Lipinski definition) is 3. The lowest BCUT2D eigenvalue weighted by atomic mass is 9.64. The van der Waals surface area contributed by atoms with Crippen LogP contribution in [0.25, 0.3) is 0 Å². The van der Waals surface area contributed by atoms with Gasteiger partial charge in [0.1, 0.15) is 12.9 Å².